The summed E-state index contributed by atoms with van der Waals surface area (Å²) in [5.74, 6) is 5.83. The summed E-state index contributed by atoms with van der Waals surface area (Å²) in [7, 11) is 0. The monoisotopic (exact) mass is 540 g/mol. The molecule has 0 bridgehead atoms. The molecule has 0 spiro atoms. The molecule has 0 radical (unpaired) electrons. The van der Waals surface area contributed by atoms with Gasteiger partial charge in [-0.05, 0) is 62.6 Å². The molecule has 2 aromatic heterocycles. The SMILES string of the molecule is CCOC(=O)C1(Cn2c(=O)n(N)/c(=N\c3ccc4nc(C)sc4c3)n(Cc3ccc(Cl)cc3)c2=O)CC1. The minimum Gasteiger partial charge on any atom is -0.466 e. The van der Waals surface area contributed by atoms with Gasteiger partial charge in [0.1, 0.15) is 0 Å². The first kappa shape index (κ1) is 25.0. The van der Waals surface area contributed by atoms with E-state index in [4.69, 9.17) is 22.2 Å². The third-order valence-corrected chi connectivity index (χ3v) is 7.53. The van der Waals surface area contributed by atoms with E-state index in [2.05, 4.69) is 9.98 Å². The van der Waals surface area contributed by atoms with Crippen LogP contribution in [0.25, 0.3) is 10.2 Å². The number of aryl methyl sites for hydroxylation is 1. The van der Waals surface area contributed by atoms with Crippen molar-refractivity contribution < 1.29 is 9.53 Å². The van der Waals surface area contributed by atoms with Gasteiger partial charge >= 0.3 is 17.3 Å². The van der Waals surface area contributed by atoms with Crippen LogP contribution < -0.4 is 22.8 Å². The van der Waals surface area contributed by atoms with Crippen molar-refractivity contribution in [1.82, 2.24) is 18.8 Å². The molecule has 1 saturated carbocycles. The van der Waals surface area contributed by atoms with E-state index >= 15 is 0 Å². The second-order valence-electron chi connectivity index (χ2n) is 9.03. The molecule has 12 heteroatoms. The number of ether oxygens (including phenoxy) is 1. The highest BCUT2D eigenvalue weighted by molar-refractivity contribution is 7.18. The van der Waals surface area contributed by atoms with Crippen LogP contribution in [0.1, 0.15) is 30.3 Å². The fourth-order valence-electron chi connectivity index (χ4n) is 4.20. The van der Waals surface area contributed by atoms with Gasteiger partial charge in [-0.2, -0.15) is 4.68 Å². The first-order valence-corrected chi connectivity index (χ1v) is 13.0. The zero-order valence-corrected chi connectivity index (χ0v) is 21.9. The van der Waals surface area contributed by atoms with Gasteiger partial charge in [0, 0.05) is 11.6 Å². The Balaban J connectivity index is 1.68. The molecule has 0 atom stereocenters. The normalized spacial score (nSPS) is 14.7. The van der Waals surface area contributed by atoms with E-state index in [0.717, 1.165) is 30.0 Å². The second kappa shape index (κ2) is 9.64. The van der Waals surface area contributed by atoms with Gasteiger partial charge < -0.3 is 10.6 Å². The molecule has 1 fully saturated rings. The van der Waals surface area contributed by atoms with Crippen LogP contribution >= 0.6 is 22.9 Å². The molecule has 1 aliphatic carbocycles. The van der Waals surface area contributed by atoms with Crippen LogP contribution in [0, 0.1) is 12.3 Å². The molecule has 2 heterocycles. The van der Waals surface area contributed by atoms with Gasteiger partial charge in [-0.25, -0.2) is 24.1 Å². The fraction of sp³-hybridized carbons (Fsp3) is 0.320. The quantitative estimate of drug-likeness (QED) is 0.284. The predicted molar refractivity (Wildman–Crippen MR) is 142 cm³/mol. The highest BCUT2D eigenvalue weighted by atomic mass is 35.5. The van der Waals surface area contributed by atoms with Crippen LogP contribution in [0.3, 0.4) is 0 Å². The van der Waals surface area contributed by atoms with Gasteiger partial charge in [0.15, 0.2) is 0 Å². The molecule has 0 aliphatic heterocycles. The van der Waals surface area contributed by atoms with Gasteiger partial charge in [-0.15, -0.1) is 11.3 Å². The number of thiazole rings is 1. The Bertz CT molecular complexity index is 1700. The van der Waals surface area contributed by atoms with Crippen molar-refractivity contribution in [3.8, 4) is 0 Å². The maximum atomic E-state index is 13.7. The Kier molecular flexibility index (Phi) is 6.50. The molecule has 0 amide bonds. The average molecular weight is 541 g/mol. The van der Waals surface area contributed by atoms with Crippen molar-refractivity contribution >= 4 is 44.8 Å². The molecule has 5 rings (SSSR count). The zero-order valence-electron chi connectivity index (χ0n) is 20.3. The molecule has 2 aromatic carbocycles. The summed E-state index contributed by atoms with van der Waals surface area (Å²) in [6.45, 7) is 3.82. The van der Waals surface area contributed by atoms with Crippen molar-refractivity contribution in [2.45, 2.75) is 39.8 Å². The lowest BCUT2D eigenvalue weighted by Gasteiger charge is -2.18. The number of nitrogens with two attached hydrogens (primary N) is 1. The van der Waals surface area contributed by atoms with E-state index in [0.29, 0.717) is 23.6 Å². The number of halogens is 1. The van der Waals surface area contributed by atoms with Crippen molar-refractivity contribution in [1.29, 1.82) is 0 Å². The first-order valence-electron chi connectivity index (χ1n) is 11.8. The molecule has 1 aliphatic rings. The molecule has 37 heavy (non-hydrogen) atoms. The topological polar surface area (TPSA) is 126 Å². The van der Waals surface area contributed by atoms with Crippen LogP contribution in [0.4, 0.5) is 5.69 Å². The Hall–Kier alpha value is -3.70. The van der Waals surface area contributed by atoms with Gasteiger partial charge in [0.05, 0.1) is 39.5 Å². The highest BCUT2D eigenvalue weighted by Crippen LogP contribution is 2.47. The van der Waals surface area contributed by atoms with Crippen LogP contribution in [0.15, 0.2) is 57.0 Å². The number of hydrogen-bond donors (Lipinski definition) is 1. The summed E-state index contributed by atoms with van der Waals surface area (Å²) in [5.41, 5.74) is -0.201. The second-order valence-corrected chi connectivity index (χ2v) is 10.7. The number of benzene rings is 2. The third-order valence-electron chi connectivity index (χ3n) is 6.34. The average Bonchev–Trinajstić information content (AvgIpc) is 3.57. The number of fused-ring (bicyclic) bond motifs is 1. The molecule has 2 N–H and O–H groups in total. The first-order chi connectivity index (χ1) is 17.7. The van der Waals surface area contributed by atoms with Crippen molar-refractivity contribution in [2.24, 2.45) is 10.4 Å². The van der Waals surface area contributed by atoms with Crippen LogP contribution in [-0.4, -0.2) is 31.4 Å². The maximum Gasteiger partial charge on any atom is 0.353 e. The number of nitrogens with zero attached hydrogens (tertiary/aromatic N) is 5. The van der Waals surface area contributed by atoms with Crippen molar-refractivity contribution in [3.63, 3.8) is 0 Å². The minimum absolute atomic E-state index is 0.0252. The minimum atomic E-state index is -0.905. The zero-order chi connectivity index (χ0) is 26.3. The van der Waals surface area contributed by atoms with Gasteiger partial charge in [-0.3, -0.25) is 9.36 Å². The van der Waals surface area contributed by atoms with E-state index in [1.807, 2.05) is 19.1 Å². The van der Waals surface area contributed by atoms with E-state index in [9.17, 15) is 14.4 Å². The number of aromatic nitrogens is 4. The summed E-state index contributed by atoms with van der Waals surface area (Å²) in [6, 6.07) is 12.4. The number of carbonyl (C=O) groups excluding carboxylic acids is 1. The lowest BCUT2D eigenvalue weighted by Crippen LogP contribution is -2.58. The van der Waals surface area contributed by atoms with Crippen molar-refractivity contribution in [3.05, 3.63) is 84.6 Å². The van der Waals surface area contributed by atoms with E-state index < -0.39 is 22.8 Å². The Labute approximate surface area is 220 Å². The summed E-state index contributed by atoms with van der Waals surface area (Å²) in [6.07, 6.45) is 1.06. The molecular weight excluding hydrogens is 516 g/mol. The standard InChI is InChI=1S/C25H25ClN6O4S/c1-3-36-21(33)25(10-11-25)14-31-23(34)30(13-16-4-6-17(26)7-5-16)22(32(27)24(31)35)29-18-8-9-19-20(12-18)37-15(2)28-19/h4-9,12H,3,10-11,13-14,27H2,1-2H3/b29-22-. The molecule has 0 unspecified atom stereocenters. The van der Waals surface area contributed by atoms with E-state index in [1.165, 1.54) is 15.9 Å². The summed E-state index contributed by atoms with van der Waals surface area (Å²) >= 11 is 7.55. The van der Waals surface area contributed by atoms with Crippen LogP contribution in [0.2, 0.25) is 5.02 Å². The van der Waals surface area contributed by atoms with Crippen molar-refractivity contribution in [2.75, 3.05) is 12.4 Å². The largest absolute Gasteiger partial charge is 0.466 e. The Morgan fingerprint density at radius 3 is 2.57 bits per heavy atom. The molecule has 192 valence electrons. The van der Waals surface area contributed by atoms with Gasteiger partial charge in [-0.1, -0.05) is 23.7 Å². The smallest absolute Gasteiger partial charge is 0.353 e. The van der Waals surface area contributed by atoms with Crippen LogP contribution in [-0.2, 0) is 22.6 Å². The van der Waals surface area contributed by atoms with Gasteiger partial charge in [0.25, 0.3) is 0 Å². The maximum absolute atomic E-state index is 13.7. The predicted octanol–water partition coefficient (Wildman–Crippen LogP) is 2.72. The lowest BCUT2D eigenvalue weighted by molar-refractivity contribution is -0.150. The van der Waals surface area contributed by atoms with E-state index in [-0.39, 0.29) is 25.3 Å². The Morgan fingerprint density at radius 1 is 1.16 bits per heavy atom. The number of nitrogen functional groups attached to an aromatic ring is 1. The van der Waals surface area contributed by atoms with Crippen LogP contribution in [0.5, 0.6) is 0 Å². The molecule has 0 saturated heterocycles. The summed E-state index contributed by atoms with van der Waals surface area (Å²) in [4.78, 5) is 48.6. The fourth-order valence-corrected chi connectivity index (χ4v) is 5.18. The number of carbonyl (C=O) groups is 1. The highest BCUT2D eigenvalue weighted by Gasteiger charge is 2.52. The van der Waals surface area contributed by atoms with Gasteiger partial charge in [0.2, 0.25) is 5.62 Å². The Morgan fingerprint density at radius 2 is 1.89 bits per heavy atom. The summed E-state index contributed by atoms with van der Waals surface area (Å²) < 4.78 is 9.29. The lowest BCUT2D eigenvalue weighted by atomic mass is 10.1. The molecule has 4 aromatic rings. The number of esters is 1. The number of rotatable bonds is 7. The molecule has 10 nitrogen and oxygen atoms in total. The van der Waals surface area contributed by atoms with E-state index in [1.54, 1.807) is 37.3 Å². The third kappa shape index (κ3) is 4.84. The number of hydrogen-bond acceptors (Lipinski definition) is 8. The summed E-state index contributed by atoms with van der Waals surface area (Å²) in [5, 5.41) is 1.47. The molecular formula is C25H25ClN6O4S.